The maximum atomic E-state index is 12.1. The lowest BCUT2D eigenvalue weighted by Crippen LogP contribution is -2.29. The molecule has 0 aliphatic carbocycles. The number of aryl methyl sites for hydroxylation is 1. The van der Waals surface area contributed by atoms with Crippen LogP contribution in [0.5, 0.6) is 0 Å². The summed E-state index contributed by atoms with van der Waals surface area (Å²) < 4.78 is 10.6. The number of ether oxygens (including phenoxy) is 2. The van der Waals surface area contributed by atoms with Crippen molar-refractivity contribution in [1.29, 1.82) is 5.26 Å². The molecule has 0 saturated carbocycles. The minimum absolute atomic E-state index is 0.237. The number of hydrogen-bond donors (Lipinski definition) is 0. The molecule has 1 atom stereocenters. The van der Waals surface area contributed by atoms with Crippen molar-refractivity contribution in [2.75, 3.05) is 7.11 Å². The quantitative estimate of drug-likeness (QED) is 0.801. The summed E-state index contributed by atoms with van der Waals surface area (Å²) in [4.78, 5) is 16.2. The van der Waals surface area contributed by atoms with Gasteiger partial charge in [0.05, 0.1) is 17.7 Å². The number of aromatic nitrogens is 1. The molecule has 6 heteroatoms. The average Bonchev–Trinajstić information content (AvgIpc) is 2.39. The first kappa shape index (κ1) is 17.4. The van der Waals surface area contributed by atoms with Crippen molar-refractivity contribution >= 4 is 17.6 Å². The highest BCUT2D eigenvalue weighted by molar-refractivity contribution is 6.32. The molecule has 0 spiro atoms. The number of nitriles is 1. The SMILES string of the molecule is COC(=O)C(OC(C)(C)C)c1c(C)nc(C#N)c(C)c1Cl. The molecule has 0 aliphatic rings. The molecule has 1 rings (SSSR count). The number of pyridine rings is 1. The first-order valence-electron chi connectivity index (χ1n) is 6.44. The van der Waals surface area contributed by atoms with Crippen LogP contribution < -0.4 is 0 Å². The van der Waals surface area contributed by atoms with E-state index in [0.29, 0.717) is 21.8 Å². The molecular formula is C15H19ClN2O3. The van der Waals surface area contributed by atoms with E-state index in [4.69, 9.17) is 26.3 Å². The molecule has 1 aromatic rings. The van der Waals surface area contributed by atoms with Gasteiger partial charge in [-0.05, 0) is 34.6 Å². The minimum Gasteiger partial charge on any atom is -0.467 e. The number of esters is 1. The zero-order valence-corrected chi connectivity index (χ0v) is 13.8. The fraction of sp³-hybridized carbons (Fsp3) is 0.533. The Bertz CT molecular complexity index is 600. The van der Waals surface area contributed by atoms with Crippen molar-refractivity contribution in [3.8, 4) is 6.07 Å². The molecule has 0 aromatic carbocycles. The third kappa shape index (κ3) is 3.93. The zero-order chi connectivity index (χ0) is 16.4. The van der Waals surface area contributed by atoms with Gasteiger partial charge in [-0.2, -0.15) is 5.26 Å². The highest BCUT2D eigenvalue weighted by Crippen LogP contribution is 2.34. The first-order chi connectivity index (χ1) is 9.62. The molecule has 0 bridgehead atoms. The van der Waals surface area contributed by atoms with E-state index in [1.54, 1.807) is 13.8 Å². The fourth-order valence-corrected chi connectivity index (χ4v) is 2.20. The highest BCUT2D eigenvalue weighted by Gasteiger charge is 2.32. The minimum atomic E-state index is -0.985. The molecule has 0 aliphatic heterocycles. The molecule has 114 valence electrons. The van der Waals surface area contributed by atoms with Crippen LogP contribution in [0.2, 0.25) is 5.02 Å². The van der Waals surface area contributed by atoms with Gasteiger partial charge in [-0.1, -0.05) is 11.6 Å². The van der Waals surface area contributed by atoms with Crippen molar-refractivity contribution in [2.45, 2.75) is 46.3 Å². The van der Waals surface area contributed by atoms with Crippen LogP contribution in [-0.2, 0) is 14.3 Å². The van der Waals surface area contributed by atoms with E-state index in [1.165, 1.54) is 7.11 Å². The van der Waals surface area contributed by atoms with E-state index < -0.39 is 17.7 Å². The van der Waals surface area contributed by atoms with Crippen LogP contribution in [0.15, 0.2) is 0 Å². The molecular weight excluding hydrogens is 292 g/mol. The van der Waals surface area contributed by atoms with Gasteiger partial charge in [0.1, 0.15) is 11.8 Å². The van der Waals surface area contributed by atoms with Gasteiger partial charge in [0.15, 0.2) is 6.10 Å². The third-order valence-electron chi connectivity index (χ3n) is 2.84. The van der Waals surface area contributed by atoms with Crippen LogP contribution in [-0.4, -0.2) is 23.7 Å². The molecule has 5 nitrogen and oxygen atoms in total. The standard InChI is InChI=1S/C15H19ClN2O3/c1-8-10(7-17)18-9(2)11(12(8)16)13(14(19)20-6)21-15(3,4)5/h13H,1-6H3. The van der Waals surface area contributed by atoms with E-state index in [1.807, 2.05) is 26.8 Å². The lowest BCUT2D eigenvalue weighted by atomic mass is 10.0. The number of carbonyl (C=O) groups excluding carboxylic acids is 1. The predicted molar refractivity (Wildman–Crippen MR) is 79.0 cm³/mol. The summed E-state index contributed by atoms with van der Waals surface area (Å²) in [6.45, 7) is 8.86. The first-order valence-corrected chi connectivity index (χ1v) is 6.82. The Hall–Kier alpha value is -1.64. The van der Waals surface area contributed by atoms with Crippen LogP contribution >= 0.6 is 11.6 Å². The van der Waals surface area contributed by atoms with Crippen LogP contribution in [0.3, 0.4) is 0 Å². The Kier molecular flexibility index (Phi) is 5.32. The van der Waals surface area contributed by atoms with E-state index in [-0.39, 0.29) is 5.69 Å². The third-order valence-corrected chi connectivity index (χ3v) is 3.33. The van der Waals surface area contributed by atoms with Crippen molar-refractivity contribution in [1.82, 2.24) is 4.98 Å². The summed E-state index contributed by atoms with van der Waals surface area (Å²) >= 11 is 6.33. The van der Waals surface area contributed by atoms with Gasteiger partial charge in [0, 0.05) is 16.8 Å². The van der Waals surface area contributed by atoms with Gasteiger partial charge in [-0.3, -0.25) is 0 Å². The molecule has 0 saturated heterocycles. The number of rotatable bonds is 3. The summed E-state index contributed by atoms with van der Waals surface area (Å²) in [5.74, 6) is -0.555. The Labute approximate surface area is 129 Å². The van der Waals surface area contributed by atoms with Gasteiger partial charge in [-0.15, -0.1) is 0 Å². The number of methoxy groups -OCH3 is 1. The maximum Gasteiger partial charge on any atom is 0.339 e. The summed E-state index contributed by atoms with van der Waals surface area (Å²) in [6.07, 6.45) is -0.985. The number of carbonyl (C=O) groups is 1. The number of nitrogens with zero attached hydrogens (tertiary/aromatic N) is 2. The summed E-state index contributed by atoms with van der Waals surface area (Å²) in [6, 6.07) is 1.98. The molecule has 0 radical (unpaired) electrons. The second-order valence-corrected chi connectivity index (χ2v) is 6.02. The normalized spacial score (nSPS) is 12.7. The fourth-order valence-electron chi connectivity index (χ4n) is 1.88. The van der Waals surface area contributed by atoms with Gasteiger partial charge >= 0.3 is 5.97 Å². The second kappa shape index (κ2) is 6.42. The largest absolute Gasteiger partial charge is 0.467 e. The predicted octanol–water partition coefficient (Wildman–Crippen LogP) is 3.25. The van der Waals surface area contributed by atoms with Crippen LogP contribution in [0.25, 0.3) is 0 Å². The summed E-state index contributed by atoms with van der Waals surface area (Å²) in [7, 11) is 1.29. The lowest BCUT2D eigenvalue weighted by molar-refractivity contribution is -0.164. The van der Waals surface area contributed by atoms with Gasteiger partial charge in [0.25, 0.3) is 0 Å². The van der Waals surface area contributed by atoms with Crippen molar-refractivity contribution in [2.24, 2.45) is 0 Å². The average molecular weight is 311 g/mol. The van der Waals surface area contributed by atoms with Crippen molar-refractivity contribution < 1.29 is 14.3 Å². The molecule has 0 N–H and O–H groups in total. The molecule has 0 fully saturated rings. The van der Waals surface area contributed by atoms with E-state index in [2.05, 4.69) is 4.98 Å². The summed E-state index contributed by atoms with van der Waals surface area (Å²) in [5, 5.41) is 9.35. The topological polar surface area (TPSA) is 72.2 Å². The maximum absolute atomic E-state index is 12.1. The second-order valence-electron chi connectivity index (χ2n) is 5.64. The summed E-state index contributed by atoms with van der Waals surface area (Å²) in [5.41, 5.74) is 1.10. The Morgan fingerprint density at radius 3 is 2.38 bits per heavy atom. The zero-order valence-electron chi connectivity index (χ0n) is 13.1. The van der Waals surface area contributed by atoms with Gasteiger partial charge in [-0.25, -0.2) is 9.78 Å². The Morgan fingerprint density at radius 2 is 1.95 bits per heavy atom. The molecule has 21 heavy (non-hydrogen) atoms. The smallest absolute Gasteiger partial charge is 0.339 e. The monoisotopic (exact) mass is 310 g/mol. The molecule has 0 amide bonds. The van der Waals surface area contributed by atoms with Crippen LogP contribution in [0.1, 0.15) is 49.4 Å². The Balaban J connectivity index is 3.49. The molecule has 1 heterocycles. The van der Waals surface area contributed by atoms with E-state index >= 15 is 0 Å². The van der Waals surface area contributed by atoms with E-state index in [9.17, 15) is 4.79 Å². The molecule has 1 aromatic heterocycles. The van der Waals surface area contributed by atoms with E-state index in [0.717, 1.165) is 0 Å². The van der Waals surface area contributed by atoms with Gasteiger partial charge < -0.3 is 9.47 Å². The molecule has 1 unspecified atom stereocenters. The van der Waals surface area contributed by atoms with Crippen LogP contribution in [0.4, 0.5) is 0 Å². The number of hydrogen-bond acceptors (Lipinski definition) is 5. The number of halogens is 1. The van der Waals surface area contributed by atoms with Crippen LogP contribution in [0, 0.1) is 25.2 Å². The van der Waals surface area contributed by atoms with Crippen molar-refractivity contribution in [3.63, 3.8) is 0 Å². The van der Waals surface area contributed by atoms with Gasteiger partial charge in [0.2, 0.25) is 0 Å². The lowest BCUT2D eigenvalue weighted by Gasteiger charge is -2.27. The highest BCUT2D eigenvalue weighted by atomic mass is 35.5. The van der Waals surface area contributed by atoms with Crippen molar-refractivity contribution in [3.05, 3.63) is 27.5 Å². The Morgan fingerprint density at radius 1 is 1.38 bits per heavy atom.